The van der Waals surface area contributed by atoms with Gasteiger partial charge in [-0.1, -0.05) is 12.8 Å². The fourth-order valence-electron chi connectivity index (χ4n) is 3.17. The molecule has 1 heterocycles. The summed E-state index contributed by atoms with van der Waals surface area (Å²) in [6.07, 6.45) is 8.62. The molecule has 1 aliphatic heterocycles. The Morgan fingerprint density at radius 2 is 1.83 bits per heavy atom. The van der Waals surface area contributed by atoms with Gasteiger partial charge in [0.2, 0.25) is 5.91 Å². The number of hydrogen-bond acceptors (Lipinski definition) is 3. The molecule has 1 saturated carbocycles. The van der Waals surface area contributed by atoms with Crippen LogP contribution in [0.15, 0.2) is 0 Å². The zero-order chi connectivity index (χ0) is 12.8. The maximum absolute atomic E-state index is 11.8. The van der Waals surface area contributed by atoms with E-state index in [1.807, 2.05) is 0 Å². The quantitative estimate of drug-likeness (QED) is 0.700. The summed E-state index contributed by atoms with van der Waals surface area (Å²) in [7, 11) is 0. The summed E-state index contributed by atoms with van der Waals surface area (Å²) in [6, 6.07) is 0. The van der Waals surface area contributed by atoms with Gasteiger partial charge in [0.25, 0.3) is 0 Å². The average molecular weight is 253 g/mol. The molecule has 4 nitrogen and oxygen atoms in total. The molecule has 0 aromatic rings. The van der Waals surface area contributed by atoms with Crippen LogP contribution in [0.25, 0.3) is 0 Å². The van der Waals surface area contributed by atoms with E-state index in [0.717, 1.165) is 32.4 Å². The molecule has 18 heavy (non-hydrogen) atoms. The lowest BCUT2D eigenvalue weighted by Gasteiger charge is -2.22. The topological polar surface area (TPSA) is 58.4 Å². The van der Waals surface area contributed by atoms with Crippen LogP contribution in [0.4, 0.5) is 0 Å². The highest BCUT2D eigenvalue weighted by Gasteiger charge is 2.31. The smallest absolute Gasteiger partial charge is 0.221 e. The molecule has 2 fully saturated rings. The standard InChI is InChI=1S/C14H27N3O/c15-14(6-1-2-7-14)12-13(18)16-8-5-11-17-9-3-4-10-17/h1-12,15H2,(H,16,18). The number of likely N-dealkylation sites (tertiary alicyclic amines) is 1. The van der Waals surface area contributed by atoms with Crippen molar-refractivity contribution in [2.24, 2.45) is 5.73 Å². The van der Waals surface area contributed by atoms with Crippen LogP contribution >= 0.6 is 0 Å². The van der Waals surface area contributed by atoms with E-state index >= 15 is 0 Å². The van der Waals surface area contributed by atoms with Gasteiger partial charge in [-0.05, 0) is 51.7 Å². The maximum Gasteiger partial charge on any atom is 0.221 e. The molecule has 1 amide bonds. The Labute approximate surface area is 110 Å². The average Bonchev–Trinajstić information content (AvgIpc) is 2.96. The summed E-state index contributed by atoms with van der Waals surface area (Å²) in [5, 5.41) is 3.01. The maximum atomic E-state index is 11.8. The molecule has 4 heteroatoms. The van der Waals surface area contributed by atoms with Crippen molar-refractivity contribution < 1.29 is 4.79 Å². The summed E-state index contributed by atoms with van der Waals surface area (Å²) < 4.78 is 0. The van der Waals surface area contributed by atoms with E-state index in [9.17, 15) is 4.79 Å². The first-order valence-electron chi connectivity index (χ1n) is 7.46. The summed E-state index contributed by atoms with van der Waals surface area (Å²) in [6.45, 7) is 4.39. The third-order valence-corrected chi connectivity index (χ3v) is 4.28. The predicted octanol–water partition coefficient (Wildman–Crippen LogP) is 1.25. The van der Waals surface area contributed by atoms with E-state index in [0.29, 0.717) is 6.42 Å². The van der Waals surface area contributed by atoms with Crippen LogP contribution in [0.3, 0.4) is 0 Å². The lowest BCUT2D eigenvalue weighted by atomic mass is 9.94. The van der Waals surface area contributed by atoms with Crippen molar-refractivity contribution >= 4 is 5.91 Å². The highest BCUT2D eigenvalue weighted by Crippen LogP contribution is 2.29. The number of carbonyl (C=O) groups is 1. The molecule has 0 aromatic carbocycles. The van der Waals surface area contributed by atoms with Crippen molar-refractivity contribution in [2.45, 2.75) is 56.9 Å². The Morgan fingerprint density at radius 3 is 2.50 bits per heavy atom. The van der Waals surface area contributed by atoms with Crippen LogP contribution in [0.1, 0.15) is 51.4 Å². The van der Waals surface area contributed by atoms with Gasteiger partial charge in [0, 0.05) is 18.5 Å². The molecule has 0 atom stereocenters. The third-order valence-electron chi connectivity index (χ3n) is 4.28. The normalized spacial score (nSPS) is 23.4. The number of nitrogens with two attached hydrogens (primary N) is 1. The SMILES string of the molecule is NC1(CC(=O)NCCCN2CCCC2)CCCC1. The first-order chi connectivity index (χ1) is 8.68. The Hall–Kier alpha value is -0.610. The predicted molar refractivity (Wildman–Crippen MR) is 73.3 cm³/mol. The van der Waals surface area contributed by atoms with Crippen molar-refractivity contribution in [3.8, 4) is 0 Å². The van der Waals surface area contributed by atoms with Crippen molar-refractivity contribution in [1.82, 2.24) is 10.2 Å². The van der Waals surface area contributed by atoms with Gasteiger partial charge in [0.1, 0.15) is 0 Å². The van der Waals surface area contributed by atoms with E-state index < -0.39 is 0 Å². The molecule has 2 aliphatic rings. The van der Waals surface area contributed by atoms with Crippen molar-refractivity contribution in [3.63, 3.8) is 0 Å². The molecule has 1 aliphatic carbocycles. The summed E-state index contributed by atoms with van der Waals surface area (Å²) in [4.78, 5) is 14.3. The number of hydrogen-bond donors (Lipinski definition) is 2. The molecular weight excluding hydrogens is 226 g/mol. The minimum Gasteiger partial charge on any atom is -0.356 e. The van der Waals surface area contributed by atoms with Gasteiger partial charge in [-0.2, -0.15) is 0 Å². The highest BCUT2D eigenvalue weighted by atomic mass is 16.1. The van der Waals surface area contributed by atoms with E-state index in [1.165, 1.54) is 38.8 Å². The van der Waals surface area contributed by atoms with Crippen LogP contribution in [0.5, 0.6) is 0 Å². The van der Waals surface area contributed by atoms with Crippen LogP contribution in [-0.4, -0.2) is 42.5 Å². The molecule has 0 radical (unpaired) electrons. The second kappa shape index (κ2) is 6.53. The molecular formula is C14H27N3O. The molecule has 3 N–H and O–H groups in total. The molecule has 2 rings (SSSR count). The second-order valence-electron chi connectivity index (χ2n) is 6.00. The largest absolute Gasteiger partial charge is 0.356 e. The molecule has 0 unspecified atom stereocenters. The lowest BCUT2D eigenvalue weighted by molar-refractivity contribution is -0.122. The van der Waals surface area contributed by atoms with Crippen LogP contribution in [0, 0.1) is 0 Å². The fraction of sp³-hybridized carbons (Fsp3) is 0.929. The van der Waals surface area contributed by atoms with Gasteiger partial charge < -0.3 is 16.0 Å². The first-order valence-corrected chi connectivity index (χ1v) is 7.46. The van der Waals surface area contributed by atoms with E-state index in [-0.39, 0.29) is 11.4 Å². The number of nitrogens with one attached hydrogen (secondary N) is 1. The summed E-state index contributed by atoms with van der Waals surface area (Å²) in [5.74, 6) is 0.140. The van der Waals surface area contributed by atoms with Crippen LogP contribution < -0.4 is 11.1 Å². The van der Waals surface area contributed by atoms with E-state index in [1.54, 1.807) is 0 Å². The lowest BCUT2D eigenvalue weighted by Crippen LogP contribution is -2.42. The Bertz CT molecular complexity index is 268. The van der Waals surface area contributed by atoms with Crippen molar-refractivity contribution in [3.05, 3.63) is 0 Å². The van der Waals surface area contributed by atoms with Gasteiger partial charge in [-0.25, -0.2) is 0 Å². The highest BCUT2D eigenvalue weighted by molar-refractivity contribution is 5.77. The minimum atomic E-state index is -0.209. The van der Waals surface area contributed by atoms with Crippen LogP contribution in [0.2, 0.25) is 0 Å². The monoisotopic (exact) mass is 253 g/mol. The Morgan fingerprint density at radius 1 is 1.17 bits per heavy atom. The van der Waals surface area contributed by atoms with E-state index in [4.69, 9.17) is 5.73 Å². The van der Waals surface area contributed by atoms with Gasteiger partial charge in [0.05, 0.1) is 0 Å². The minimum absolute atomic E-state index is 0.140. The number of rotatable bonds is 6. The fourth-order valence-corrected chi connectivity index (χ4v) is 3.17. The van der Waals surface area contributed by atoms with Gasteiger partial charge in [-0.15, -0.1) is 0 Å². The van der Waals surface area contributed by atoms with Gasteiger partial charge >= 0.3 is 0 Å². The summed E-state index contributed by atoms with van der Waals surface area (Å²) in [5.41, 5.74) is 5.99. The number of nitrogens with zero attached hydrogens (tertiary/aromatic N) is 1. The zero-order valence-corrected chi connectivity index (χ0v) is 11.4. The zero-order valence-electron chi connectivity index (χ0n) is 11.4. The van der Waals surface area contributed by atoms with Crippen molar-refractivity contribution in [2.75, 3.05) is 26.2 Å². The molecule has 0 aromatic heterocycles. The van der Waals surface area contributed by atoms with Gasteiger partial charge in [-0.3, -0.25) is 4.79 Å². The second-order valence-corrected chi connectivity index (χ2v) is 6.00. The molecule has 0 bridgehead atoms. The van der Waals surface area contributed by atoms with E-state index in [2.05, 4.69) is 10.2 Å². The molecule has 1 saturated heterocycles. The van der Waals surface area contributed by atoms with Crippen LogP contribution in [-0.2, 0) is 4.79 Å². The Kier molecular flexibility index (Phi) is 5.01. The number of amides is 1. The molecule has 0 spiro atoms. The Balaban J connectivity index is 1.54. The first kappa shape index (κ1) is 13.8. The van der Waals surface area contributed by atoms with Gasteiger partial charge in [0.15, 0.2) is 0 Å². The number of carbonyl (C=O) groups excluding carboxylic acids is 1. The summed E-state index contributed by atoms with van der Waals surface area (Å²) >= 11 is 0. The third kappa shape index (κ3) is 4.25. The van der Waals surface area contributed by atoms with Crippen molar-refractivity contribution in [1.29, 1.82) is 0 Å². The molecule has 104 valence electrons.